The van der Waals surface area contributed by atoms with Crippen molar-refractivity contribution in [1.29, 1.82) is 0 Å². The normalized spacial score (nSPS) is 18.8. The number of benzene rings is 2. The molecule has 2 atom stereocenters. The van der Waals surface area contributed by atoms with Crippen molar-refractivity contribution < 1.29 is 31.9 Å². The molecule has 1 amide bonds. The molecule has 0 bridgehead atoms. The van der Waals surface area contributed by atoms with Crippen LogP contribution in [0.2, 0.25) is 0 Å². The van der Waals surface area contributed by atoms with Crippen molar-refractivity contribution in [1.82, 2.24) is 4.90 Å². The molecule has 2 unspecified atom stereocenters. The summed E-state index contributed by atoms with van der Waals surface area (Å²) in [7, 11) is -3.09. The number of esters is 1. The zero-order valence-electron chi connectivity index (χ0n) is 22.6. The maximum absolute atomic E-state index is 14.1. The highest BCUT2D eigenvalue weighted by Crippen LogP contribution is 2.46. The second-order valence-corrected chi connectivity index (χ2v) is 11.2. The van der Waals surface area contributed by atoms with Crippen molar-refractivity contribution in [2.45, 2.75) is 44.1 Å². The van der Waals surface area contributed by atoms with Crippen LogP contribution in [0.15, 0.2) is 41.3 Å². The fourth-order valence-corrected chi connectivity index (χ4v) is 6.49. The van der Waals surface area contributed by atoms with Gasteiger partial charge >= 0.3 is 5.97 Å². The van der Waals surface area contributed by atoms with Crippen molar-refractivity contribution in [3.05, 3.63) is 58.9 Å². The summed E-state index contributed by atoms with van der Waals surface area (Å²) in [4.78, 5) is 29.1. The predicted octanol–water partition coefficient (Wildman–Crippen LogP) is 4.01. The molecule has 0 aromatic heterocycles. The number of amides is 1. The highest BCUT2D eigenvalue weighted by atomic mass is 32.2. The number of ether oxygens (including phenoxy) is 2. The number of carbonyl (C=O) groups is 2. The molecule has 39 heavy (non-hydrogen) atoms. The van der Waals surface area contributed by atoms with E-state index in [0.29, 0.717) is 25.3 Å². The molecule has 2 aromatic rings. The molecule has 4 rings (SSSR count). The molecule has 1 saturated heterocycles. The van der Waals surface area contributed by atoms with Gasteiger partial charge in [0.05, 0.1) is 36.0 Å². The van der Waals surface area contributed by atoms with Crippen LogP contribution in [-0.2, 0) is 24.3 Å². The second kappa shape index (κ2) is 11.8. The van der Waals surface area contributed by atoms with Gasteiger partial charge in [0.25, 0.3) is 10.0 Å². The SMILES string of the molecule is CCN(CC)CC=Cc1cc(F)ccc1S(=O)(=O)Nc1ccc2c(c1C(=O)OC)N(C(C)=O)CC1OCCC21. The first-order valence-electron chi connectivity index (χ1n) is 13.0. The lowest BCUT2D eigenvalue weighted by Gasteiger charge is -2.37. The number of likely N-dealkylation sites (N-methyl/N-ethyl adjacent to an activating group) is 1. The molecule has 9 nitrogen and oxygen atoms in total. The van der Waals surface area contributed by atoms with Crippen molar-refractivity contribution in [2.75, 3.05) is 49.5 Å². The van der Waals surface area contributed by atoms with Crippen LogP contribution in [-0.4, -0.2) is 71.2 Å². The summed E-state index contributed by atoms with van der Waals surface area (Å²) in [5.41, 5.74) is 1.12. The van der Waals surface area contributed by atoms with Gasteiger partial charge in [0.2, 0.25) is 5.91 Å². The maximum Gasteiger partial charge on any atom is 0.342 e. The van der Waals surface area contributed by atoms with E-state index in [0.717, 1.165) is 30.8 Å². The molecular weight excluding hydrogens is 525 g/mol. The number of fused-ring (bicyclic) bond motifs is 3. The topological polar surface area (TPSA) is 105 Å². The van der Waals surface area contributed by atoms with E-state index in [1.165, 1.54) is 31.1 Å². The van der Waals surface area contributed by atoms with E-state index in [-0.39, 0.29) is 46.2 Å². The molecule has 2 aromatic carbocycles. The van der Waals surface area contributed by atoms with Gasteiger partial charge < -0.3 is 19.3 Å². The number of carbonyl (C=O) groups excluding carboxylic acids is 2. The number of hydrogen-bond donors (Lipinski definition) is 1. The van der Waals surface area contributed by atoms with Gasteiger partial charge in [0.1, 0.15) is 11.4 Å². The summed E-state index contributed by atoms with van der Waals surface area (Å²) in [6.45, 7) is 8.39. The first kappa shape index (κ1) is 28.7. The van der Waals surface area contributed by atoms with Gasteiger partial charge in [-0.3, -0.25) is 9.52 Å². The van der Waals surface area contributed by atoms with Crippen molar-refractivity contribution in [3.8, 4) is 0 Å². The van der Waals surface area contributed by atoms with Crippen molar-refractivity contribution in [2.24, 2.45) is 0 Å². The molecule has 0 aliphatic carbocycles. The minimum Gasteiger partial charge on any atom is -0.465 e. The Morgan fingerprint density at radius 1 is 1.23 bits per heavy atom. The number of nitrogens with one attached hydrogen (secondary N) is 1. The summed E-state index contributed by atoms with van der Waals surface area (Å²) in [5.74, 6) is -1.71. The molecule has 0 radical (unpaired) electrons. The van der Waals surface area contributed by atoms with E-state index in [2.05, 4.69) is 9.62 Å². The molecule has 210 valence electrons. The van der Waals surface area contributed by atoms with E-state index in [1.54, 1.807) is 18.2 Å². The summed E-state index contributed by atoms with van der Waals surface area (Å²) in [5, 5.41) is 0. The molecule has 2 aliphatic rings. The largest absolute Gasteiger partial charge is 0.465 e. The van der Waals surface area contributed by atoms with Crippen LogP contribution >= 0.6 is 0 Å². The Labute approximate surface area is 228 Å². The van der Waals surface area contributed by atoms with Crippen molar-refractivity contribution in [3.63, 3.8) is 0 Å². The standard InChI is InChI=1S/C28H34FN3O6S/c1-5-31(6-2)14-7-8-19-16-20(29)9-12-25(19)39(35,36)30-23-11-10-22-21-13-15-38-24(21)17-32(18(3)33)27(22)26(23)28(34)37-4/h7-12,16,21,24,30H,5-6,13-15,17H2,1-4H3. The molecule has 1 fully saturated rings. The Morgan fingerprint density at radius 3 is 2.64 bits per heavy atom. The van der Waals surface area contributed by atoms with Gasteiger partial charge in [-0.15, -0.1) is 0 Å². The van der Waals surface area contributed by atoms with E-state index in [1.807, 2.05) is 13.8 Å². The first-order chi connectivity index (χ1) is 18.6. The summed E-state index contributed by atoms with van der Waals surface area (Å²) in [6, 6.07) is 6.63. The van der Waals surface area contributed by atoms with E-state index < -0.39 is 21.8 Å². The predicted molar refractivity (Wildman–Crippen MR) is 147 cm³/mol. The van der Waals surface area contributed by atoms with Crippen LogP contribution < -0.4 is 9.62 Å². The highest BCUT2D eigenvalue weighted by Gasteiger charge is 2.42. The quantitative estimate of drug-likeness (QED) is 0.463. The lowest BCUT2D eigenvalue weighted by molar-refractivity contribution is -0.117. The minimum atomic E-state index is -4.29. The molecule has 2 aliphatic heterocycles. The van der Waals surface area contributed by atoms with Gasteiger partial charge in [-0.1, -0.05) is 32.1 Å². The number of anilines is 2. The smallest absolute Gasteiger partial charge is 0.342 e. The summed E-state index contributed by atoms with van der Waals surface area (Å²) < 4.78 is 54.8. The van der Waals surface area contributed by atoms with Crippen LogP contribution in [0.25, 0.3) is 6.08 Å². The van der Waals surface area contributed by atoms with E-state index in [4.69, 9.17) is 9.47 Å². The van der Waals surface area contributed by atoms with Gasteiger partial charge in [-0.05, 0) is 54.9 Å². The molecule has 0 saturated carbocycles. The molecule has 1 N–H and O–H groups in total. The number of nitrogens with zero attached hydrogens (tertiary/aromatic N) is 2. The Morgan fingerprint density at radius 2 is 1.97 bits per heavy atom. The number of halogens is 1. The average molecular weight is 560 g/mol. The van der Waals surface area contributed by atoms with E-state index in [9.17, 15) is 22.4 Å². The average Bonchev–Trinajstić information content (AvgIpc) is 3.38. The third-order valence-electron chi connectivity index (χ3n) is 7.28. The summed E-state index contributed by atoms with van der Waals surface area (Å²) in [6.07, 6.45) is 3.86. The number of rotatable bonds is 9. The van der Waals surface area contributed by atoms with Gasteiger partial charge in [-0.25, -0.2) is 17.6 Å². The Bertz CT molecular complexity index is 1390. The van der Waals surface area contributed by atoms with Gasteiger partial charge in [0, 0.05) is 26.0 Å². The zero-order chi connectivity index (χ0) is 28.3. The number of sulfonamides is 1. The number of methoxy groups -OCH3 is 1. The van der Waals surface area contributed by atoms with Gasteiger partial charge in [0.15, 0.2) is 0 Å². The Kier molecular flexibility index (Phi) is 8.73. The second-order valence-electron chi connectivity index (χ2n) is 9.53. The van der Waals surface area contributed by atoms with Crippen LogP contribution in [0.4, 0.5) is 15.8 Å². The fraction of sp³-hybridized carbons (Fsp3) is 0.429. The maximum atomic E-state index is 14.1. The molecule has 2 heterocycles. The molecular formula is C28H34FN3O6S. The lowest BCUT2D eigenvalue weighted by atomic mass is 9.85. The minimum absolute atomic E-state index is 0.0355. The van der Waals surface area contributed by atoms with E-state index >= 15 is 0 Å². The summed E-state index contributed by atoms with van der Waals surface area (Å²) >= 11 is 0. The number of hydrogen-bond acceptors (Lipinski definition) is 7. The van der Waals surface area contributed by atoms with Crippen LogP contribution in [0.5, 0.6) is 0 Å². The Balaban J connectivity index is 1.78. The third-order valence-corrected chi connectivity index (χ3v) is 8.72. The van der Waals surface area contributed by atoms with Crippen LogP contribution in [0.1, 0.15) is 54.6 Å². The third kappa shape index (κ3) is 5.85. The fourth-order valence-electron chi connectivity index (χ4n) is 5.24. The van der Waals surface area contributed by atoms with Crippen LogP contribution in [0.3, 0.4) is 0 Å². The lowest BCUT2D eigenvalue weighted by Crippen LogP contribution is -2.43. The van der Waals surface area contributed by atoms with Crippen molar-refractivity contribution >= 4 is 39.4 Å². The molecule has 0 spiro atoms. The Hall–Kier alpha value is -3.28. The monoisotopic (exact) mass is 559 g/mol. The molecule has 11 heteroatoms. The highest BCUT2D eigenvalue weighted by molar-refractivity contribution is 7.92. The zero-order valence-corrected chi connectivity index (χ0v) is 23.4. The van der Waals surface area contributed by atoms with Gasteiger partial charge in [-0.2, -0.15) is 0 Å². The van der Waals surface area contributed by atoms with Crippen LogP contribution in [0, 0.1) is 5.82 Å². The first-order valence-corrected chi connectivity index (χ1v) is 14.5.